The Morgan fingerprint density at radius 1 is 1.20 bits per heavy atom. The molecule has 5 nitrogen and oxygen atoms in total. The number of aromatic nitrogens is 3. The van der Waals surface area contributed by atoms with Gasteiger partial charge in [0.1, 0.15) is 0 Å². The predicted octanol–water partition coefficient (Wildman–Crippen LogP) is 4.58. The van der Waals surface area contributed by atoms with Crippen LogP contribution in [0.4, 0.5) is 13.9 Å². The van der Waals surface area contributed by atoms with E-state index in [4.69, 9.17) is 0 Å². The van der Waals surface area contributed by atoms with Crippen molar-refractivity contribution in [2.75, 3.05) is 5.32 Å². The van der Waals surface area contributed by atoms with Gasteiger partial charge in [0.05, 0.1) is 10.6 Å². The van der Waals surface area contributed by atoms with Crippen LogP contribution in [0.25, 0.3) is 10.7 Å². The van der Waals surface area contributed by atoms with Gasteiger partial charge in [-0.2, -0.15) is 8.78 Å². The van der Waals surface area contributed by atoms with E-state index in [1.54, 1.807) is 19.1 Å². The largest absolute Gasteiger partial charge is 0.320 e. The number of thiazole rings is 1. The molecule has 25 heavy (non-hydrogen) atoms. The molecule has 2 heterocycles. The highest BCUT2D eigenvalue weighted by Crippen LogP contribution is 2.33. The van der Waals surface area contributed by atoms with Crippen LogP contribution in [-0.2, 0) is 0 Å². The highest BCUT2D eigenvalue weighted by molar-refractivity contribution is 7.19. The lowest BCUT2D eigenvalue weighted by molar-refractivity contribution is 0.0720. The first-order chi connectivity index (χ1) is 11.8. The van der Waals surface area contributed by atoms with Gasteiger partial charge < -0.3 is 0 Å². The summed E-state index contributed by atoms with van der Waals surface area (Å²) in [6.45, 7) is 2.84. The average Bonchev–Trinajstić information content (AvgIpc) is 3.12. The number of amides is 1. The van der Waals surface area contributed by atoms with E-state index >= 15 is 0 Å². The van der Waals surface area contributed by atoms with Gasteiger partial charge in [0.2, 0.25) is 0 Å². The van der Waals surface area contributed by atoms with Crippen LogP contribution in [0.3, 0.4) is 0 Å². The number of anilines is 1. The Labute approximate surface area is 147 Å². The molecular formula is C17H16F2N4OS. The predicted molar refractivity (Wildman–Crippen MR) is 93.2 cm³/mol. The molecule has 130 valence electrons. The molecule has 0 radical (unpaired) electrons. The summed E-state index contributed by atoms with van der Waals surface area (Å²) in [5, 5.41) is 3.08. The Morgan fingerprint density at radius 2 is 1.88 bits per heavy atom. The van der Waals surface area contributed by atoms with Gasteiger partial charge in [-0.25, -0.2) is 9.97 Å². The number of nitrogens with zero attached hydrogens (tertiary/aromatic N) is 3. The summed E-state index contributed by atoms with van der Waals surface area (Å²) in [7, 11) is 0. The number of carbonyl (C=O) groups is 1. The van der Waals surface area contributed by atoms with Gasteiger partial charge in [0.15, 0.2) is 11.0 Å². The number of nitrogens with one attached hydrogen (secondary N) is 1. The van der Waals surface area contributed by atoms with Crippen LogP contribution in [0.5, 0.6) is 0 Å². The maximum atomic E-state index is 13.0. The second-order valence-electron chi connectivity index (χ2n) is 5.70. The number of rotatable bonds is 4. The number of carbonyl (C=O) groups excluding carboxylic acids is 1. The van der Waals surface area contributed by atoms with Crippen molar-refractivity contribution in [3.8, 4) is 10.7 Å². The molecule has 0 aliphatic heterocycles. The van der Waals surface area contributed by atoms with Gasteiger partial charge in [0, 0.05) is 18.0 Å². The summed E-state index contributed by atoms with van der Waals surface area (Å²) in [6.07, 6.45) is 2.53. The van der Waals surface area contributed by atoms with Crippen LogP contribution in [-0.4, -0.2) is 20.4 Å². The summed E-state index contributed by atoms with van der Waals surface area (Å²) in [5.74, 6) is -0.152. The van der Waals surface area contributed by atoms with E-state index in [1.807, 2.05) is 19.9 Å². The van der Waals surface area contributed by atoms with E-state index in [9.17, 15) is 13.6 Å². The number of benzene rings is 1. The minimum Gasteiger partial charge on any atom is -0.298 e. The van der Waals surface area contributed by atoms with E-state index in [-0.39, 0.29) is 11.7 Å². The zero-order valence-electron chi connectivity index (χ0n) is 13.9. The molecule has 0 bridgehead atoms. The zero-order valence-corrected chi connectivity index (χ0v) is 14.7. The van der Waals surface area contributed by atoms with Crippen molar-refractivity contribution in [3.63, 3.8) is 0 Å². The average molecular weight is 362 g/mol. The van der Waals surface area contributed by atoms with Crippen LogP contribution in [0.1, 0.15) is 33.7 Å². The van der Waals surface area contributed by atoms with Gasteiger partial charge in [0.25, 0.3) is 5.91 Å². The molecule has 1 aromatic carbocycles. The van der Waals surface area contributed by atoms with E-state index in [0.29, 0.717) is 21.3 Å². The normalized spacial score (nSPS) is 11.1. The van der Waals surface area contributed by atoms with Crippen molar-refractivity contribution >= 4 is 22.4 Å². The van der Waals surface area contributed by atoms with Gasteiger partial charge in [-0.3, -0.25) is 14.7 Å². The fraction of sp³-hybridized carbons (Fsp3) is 0.235. The molecular weight excluding hydrogens is 346 g/mol. The Bertz CT molecular complexity index is 912. The summed E-state index contributed by atoms with van der Waals surface area (Å²) < 4.78 is 26.8. The third-order valence-corrected chi connectivity index (χ3v) is 4.65. The highest BCUT2D eigenvalue weighted by Gasteiger charge is 2.19. The quantitative estimate of drug-likeness (QED) is 0.739. The molecule has 2 aromatic heterocycles. The second kappa shape index (κ2) is 6.72. The third kappa shape index (κ3) is 3.58. The summed E-state index contributed by atoms with van der Waals surface area (Å²) in [6, 6.07) is 5.55. The van der Waals surface area contributed by atoms with Gasteiger partial charge in [-0.05, 0) is 32.9 Å². The van der Waals surface area contributed by atoms with Crippen molar-refractivity contribution in [2.24, 2.45) is 0 Å². The summed E-state index contributed by atoms with van der Waals surface area (Å²) in [4.78, 5) is 21.2. The maximum Gasteiger partial charge on any atom is 0.320 e. The van der Waals surface area contributed by atoms with E-state index in [0.717, 1.165) is 27.0 Å². The number of aryl methyl sites for hydroxylation is 3. The zero-order chi connectivity index (χ0) is 18.1. The van der Waals surface area contributed by atoms with E-state index in [2.05, 4.69) is 15.3 Å². The van der Waals surface area contributed by atoms with Crippen molar-refractivity contribution in [2.45, 2.75) is 27.3 Å². The van der Waals surface area contributed by atoms with Crippen molar-refractivity contribution in [1.29, 1.82) is 0 Å². The number of hydrogen-bond acceptors (Lipinski definition) is 4. The van der Waals surface area contributed by atoms with Crippen molar-refractivity contribution in [1.82, 2.24) is 14.5 Å². The van der Waals surface area contributed by atoms with E-state index < -0.39 is 6.55 Å². The molecule has 3 rings (SSSR count). The van der Waals surface area contributed by atoms with Crippen LogP contribution < -0.4 is 5.32 Å². The lowest BCUT2D eigenvalue weighted by Gasteiger charge is -2.05. The minimum atomic E-state index is -2.69. The maximum absolute atomic E-state index is 13.0. The monoisotopic (exact) mass is 362 g/mol. The van der Waals surface area contributed by atoms with Crippen LogP contribution in [0.15, 0.2) is 30.6 Å². The fourth-order valence-corrected chi connectivity index (χ4v) is 3.54. The van der Waals surface area contributed by atoms with Crippen LogP contribution in [0, 0.1) is 20.8 Å². The first-order valence-corrected chi connectivity index (χ1v) is 8.35. The second-order valence-corrected chi connectivity index (χ2v) is 6.70. The molecule has 3 aromatic rings. The minimum absolute atomic E-state index is 0.136. The number of imidazole rings is 1. The Morgan fingerprint density at radius 3 is 2.52 bits per heavy atom. The smallest absolute Gasteiger partial charge is 0.298 e. The number of alkyl halides is 2. The summed E-state index contributed by atoms with van der Waals surface area (Å²) >= 11 is 1.12. The first kappa shape index (κ1) is 17.2. The summed E-state index contributed by atoms with van der Waals surface area (Å²) in [5.41, 5.74) is 3.04. The molecule has 1 N–H and O–H groups in total. The molecule has 0 unspecified atom stereocenters. The Kier molecular flexibility index (Phi) is 4.63. The molecule has 0 saturated carbocycles. The van der Waals surface area contributed by atoms with Crippen molar-refractivity contribution < 1.29 is 13.6 Å². The molecule has 1 amide bonds. The van der Waals surface area contributed by atoms with Gasteiger partial charge >= 0.3 is 6.55 Å². The molecule has 0 atom stereocenters. The SMILES string of the molecule is Cc1cc(C)cc(C(=O)Nc2nc(C)c(-c3nccn3C(F)F)s2)c1. The van der Waals surface area contributed by atoms with Crippen molar-refractivity contribution in [3.05, 3.63) is 53.0 Å². The Hall–Kier alpha value is -2.61. The Balaban J connectivity index is 1.87. The first-order valence-electron chi connectivity index (χ1n) is 7.53. The lowest BCUT2D eigenvalue weighted by Crippen LogP contribution is -2.12. The van der Waals surface area contributed by atoms with Gasteiger partial charge in [-0.15, -0.1) is 0 Å². The topological polar surface area (TPSA) is 59.8 Å². The molecule has 0 spiro atoms. The highest BCUT2D eigenvalue weighted by atomic mass is 32.1. The number of hydrogen-bond donors (Lipinski definition) is 1. The third-order valence-electron chi connectivity index (χ3n) is 3.58. The van der Waals surface area contributed by atoms with Gasteiger partial charge in [-0.1, -0.05) is 28.5 Å². The van der Waals surface area contributed by atoms with E-state index in [1.165, 1.54) is 12.4 Å². The molecule has 0 aliphatic carbocycles. The fourth-order valence-electron chi connectivity index (χ4n) is 2.58. The molecule has 0 aliphatic rings. The van der Waals surface area contributed by atoms with Crippen LogP contribution >= 0.6 is 11.3 Å². The molecule has 8 heteroatoms. The molecule has 0 saturated heterocycles. The molecule has 0 fully saturated rings. The van der Waals surface area contributed by atoms with Crippen LogP contribution in [0.2, 0.25) is 0 Å². The lowest BCUT2D eigenvalue weighted by atomic mass is 10.1. The standard InChI is InChI=1S/C17H16F2N4OS/c1-9-6-10(2)8-12(7-9)15(24)22-17-21-11(3)13(25-17)14-20-4-5-23(14)16(18)19/h4-8,16H,1-3H3,(H,21,22,24). The number of halogens is 2.